The number of carbonyl (C=O) groups excluding carboxylic acids is 2. The molecule has 1 aromatic heterocycles. The largest absolute Gasteiger partial charge is 0.419 e. The van der Waals surface area contributed by atoms with E-state index in [-0.39, 0.29) is 12.3 Å². The Morgan fingerprint density at radius 3 is 2.63 bits per heavy atom. The highest BCUT2D eigenvalue weighted by molar-refractivity contribution is 5.99. The van der Waals surface area contributed by atoms with Crippen molar-refractivity contribution in [2.24, 2.45) is 5.73 Å². The highest BCUT2D eigenvalue weighted by atomic mass is 16.4. The lowest BCUT2D eigenvalue weighted by Gasteiger charge is -2.22. The average Bonchev–Trinajstić information content (AvgIpc) is 3.36. The number of para-hydroxylation sites is 2. The van der Waals surface area contributed by atoms with Crippen molar-refractivity contribution in [3.8, 4) is 0 Å². The molecule has 4 rings (SSSR count). The number of rotatable bonds is 7. The lowest BCUT2D eigenvalue weighted by Crippen LogP contribution is -2.22. The molecule has 2 amide bonds. The molecular formula is C22H24N4O4. The number of fused-ring (bicyclic) bond motifs is 1. The maximum absolute atomic E-state index is 12.6. The van der Waals surface area contributed by atoms with Crippen LogP contribution in [-0.4, -0.2) is 29.5 Å². The molecule has 8 nitrogen and oxygen atoms in total. The predicted molar refractivity (Wildman–Crippen MR) is 115 cm³/mol. The molecule has 30 heavy (non-hydrogen) atoms. The van der Waals surface area contributed by atoms with E-state index in [4.69, 9.17) is 10.2 Å². The number of primary amides is 1. The fraction of sp³-hybridized carbons (Fsp3) is 0.318. The molecule has 156 valence electrons. The minimum absolute atomic E-state index is 0.182. The molecule has 1 aliphatic heterocycles. The molecule has 0 unspecified atom stereocenters. The topological polar surface area (TPSA) is 111 Å². The minimum atomic E-state index is -0.537. The van der Waals surface area contributed by atoms with Crippen LogP contribution in [0, 0.1) is 0 Å². The number of hydrogen-bond acceptors (Lipinski definition) is 5. The molecule has 1 saturated heterocycles. The van der Waals surface area contributed by atoms with Gasteiger partial charge in [0.05, 0.1) is 16.9 Å². The van der Waals surface area contributed by atoms with Gasteiger partial charge in [-0.15, -0.1) is 0 Å². The normalized spacial score (nSPS) is 13.7. The summed E-state index contributed by atoms with van der Waals surface area (Å²) in [6.45, 7) is 2.20. The fourth-order valence-electron chi connectivity index (χ4n) is 3.86. The van der Waals surface area contributed by atoms with Crippen molar-refractivity contribution >= 4 is 34.3 Å². The summed E-state index contributed by atoms with van der Waals surface area (Å²) in [5.41, 5.74) is 8.48. The van der Waals surface area contributed by atoms with Crippen LogP contribution in [0.5, 0.6) is 0 Å². The minimum Gasteiger partial charge on any atom is -0.408 e. The monoisotopic (exact) mass is 408 g/mol. The Balaban J connectivity index is 1.44. The summed E-state index contributed by atoms with van der Waals surface area (Å²) in [5.74, 6) is -1.15. The van der Waals surface area contributed by atoms with Gasteiger partial charge in [0, 0.05) is 31.6 Å². The van der Waals surface area contributed by atoms with Crippen LogP contribution in [0.25, 0.3) is 11.1 Å². The van der Waals surface area contributed by atoms with Gasteiger partial charge in [-0.3, -0.25) is 14.2 Å². The zero-order chi connectivity index (χ0) is 21.1. The van der Waals surface area contributed by atoms with E-state index in [9.17, 15) is 14.4 Å². The molecule has 0 saturated carbocycles. The van der Waals surface area contributed by atoms with E-state index in [1.54, 1.807) is 24.3 Å². The zero-order valence-electron chi connectivity index (χ0n) is 16.6. The van der Waals surface area contributed by atoms with Crippen LogP contribution < -0.4 is 21.7 Å². The maximum Gasteiger partial charge on any atom is 0.419 e. The number of nitrogens with zero attached hydrogens (tertiary/aromatic N) is 2. The summed E-state index contributed by atoms with van der Waals surface area (Å²) < 4.78 is 6.75. The Hall–Kier alpha value is -3.55. The molecule has 0 spiro atoms. The fourth-order valence-corrected chi connectivity index (χ4v) is 3.86. The molecule has 3 aromatic rings. The molecule has 0 atom stereocenters. The molecule has 0 aliphatic carbocycles. The first-order chi connectivity index (χ1) is 14.5. The third-order valence-corrected chi connectivity index (χ3v) is 5.36. The molecule has 2 aromatic carbocycles. The molecule has 2 heterocycles. The van der Waals surface area contributed by atoms with Crippen LogP contribution in [0.15, 0.2) is 51.7 Å². The Kier molecular flexibility index (Phi) is 5.56. The van der Waals surface area contributed by atoms with Gasteiger partial charge in [-0.05, 0) is 49.6 Å². The van der Waals surface area contributed by atoms with Crippen molar-refractivity contribution in [1.82, 2.24) is 4.57 Å². The van der Waals surface area contributed by atoms with E-state index in [0.717, 1.165) is 31.6 Å². The van der Waals surface area contributed by atoms with Crippen molar-refractivity contribution in [2.75, 3.05) is 23.3 Å². The van der Waals surface area contributed by atoms with Gasteiger partial charge < -0.3 is 20.4 Å². The van der Waals surface area contributed by atoms with Gasteiger partial charge in [0.15, 0.2) is 5.58 Å². The second-order valence-electron chi connectivity index (χ2n) is 7.43. The number of nitrogens with two attached hydrogens (primary N) is 1. The number of hydrogen-bond donors (Lipinski definition) is 2. The second kappa shape index (κ2) is 8.44. The van der Waals surface area contributed by atoms with Gasteiger partial charge in [-0.1, -0.05) is 12.1 Å². The van der Waals surface area contributed by atoms with Gasteiger partial charge in [-0.2, -0.15) is 0 Å². The van der Waals surface area contributed by atoms with Gasteiger partial charge in [0.25, 0.3) is 0 Å². The van der Waals surface area contributed by atoms with E-state index in [1.807, 2.05) is 18.2 Å². The third kappa shape index (κ3) is 4.07. The van der Waals surface area contributed by atoms with Crippen molar-refractivity contribution in [3.63, 3.8) is 0 Å². The lowest BCUT2D eigenvalue weighted by molar-refractivity contribution is -0.116. The number of aromatic nitrogens is 1. The standard InChI is InChI=1S/C22H24N4O4/c23-21(28)15-9-10-17(25-11-3-4-12-25)16(14-15)24-20(27)8-5-13-26-18-6-1-2-7-19(18)30-22(26)29/h1-2,6-7,9-10,14H,3-5,8,11-13H2,(H2,23,28)(H,24,27). The van der Waals surface area contributed by atoms with Crippen LogP contribution in [0.4, 0.5) is 11.4 Å². The molecular weight excluding hydrogens is 384 g/mol. The van der Waals surface area contributed by atoms with Crippen LogP contribution in [0.1, 0.15) is 36.0 Å². The maximum atomic E-state index is 12.6. The smallest absolute Gasteiger partial charge is 0.408 e. The molecule has 3 N–H and O–H groups in total. The molecule has 1 aliphatic rings. The number of amides is 2. The van der Waals surface area contributed by atoms with Crippen LogP contribution in [-0.2, 0) is 11.3 Å². The van der Waals surface area contributed by atoms with Gasteiger partial charge in [0.1, 0.15) is 0 Å². The van der Waals surface area contributed by atoms with E-state index in [1.165, 1.54) is 4.57 Å². The summed E-state index contributed by atoms with van der Waals surface area (Å²) in [4.78, 5) is 38.4. The van der Waals surface area contributed by atoms with E-state index in [0.29, 0.717) is 35.3 Å². The quantitative estimate of drug-likeness (QED) is 0.624. The van der Waals surface area contributed by atoms with Crippen LogP contribution in [0.3, 0.4) is 0 Å². The highest BCUT2D eigenvalue weighted by Gasteiger charge is 2.18. The van der Waals surface area contributed by atoms with Crippen molar-refractivity contribution < 1.29 is 14.0 Å². The second-order valence-corrected chi connectivity index (χ2v) is 7.43. The Labute approximate surface area is 173 Å². The van der Waals surface area contributed by atoms with Gasteiger partial charge >= 0.3 is 5.76 Å². The summed E-state index contributed by atoms with van der Waals surface area (Å²) in [6.07, 6.45) is 2.90. The van der Waals surface area contributed by atoms with E-state index < -0.39 is 11.7 Å². The number of oxazole rings is 1. The Morgan fingerprint density at radius 2 is 1.87 bits per heavy atom. The molecule has 8 heteroatoms. The molecule has 1 fully saturated rings. The third-order valence-electron chi connectivity index (χ3n) is 5.36. The Bertz CT molecular complexity index is 1140. The van der Waals surface area contributed by atoms with Crippen molar-refractivity contribution in [3.05, 3.63) is 58.6 Å². The first-order valence-corrected chi connectivity index (χ1v) is 10.1. The average molecular weight is 408 g/mol. The molecule has 0 bridgehead atoms. The number of aryl methyl sites for hydroxylation is 1. The highest BCUT2D eigenvalue weighted by Crippen LogP contribution is 2.30. The lowest BCUT2D eigenvalue weighted by atomic mass is 10.1. The first-order valence-electron chi connectivity index (χ1n) is 10.1. The number of carbonyl (C=O) groups is 2. The van der Waals surface area contributed by atoms with Gasteiger partial charge in [-0.25, -0.2) is 4.79 Å². The van der Waals surface area contributed by atoms with Crippen molar-refractivity contribution in [2.45, 2.75) is 32.2 Å². The number of benzene rings is 2. The SMILES string of the molecule is NC(=O)c1ccc(N2CCCC2)c(NC(=O)CCCn2c(=O)oc3ccccc32)c1. The summed E-state index contributed by atoms with van der Waals surface area (Å²) in [7, 11) is 0. The summed E-state index contributed by atoms with van der Waals surface area (Å²) in [5, 5.41) is 2.92. The zero-order valence-corrected chi connectivity index (χ0v) is 16.6. The first kappa shape index (κ1) is 19.8. The summed E-state index contributed by atoms with van der Waals surface area (Å²) >= 11 is 0. The summed E-state index contributed by atoms with van der Waals surface area (Å²) in [6, 6.07) is 12.3. The van der Waals surface area contributed by atoms with Crippen LogP contribution in [0.2, 0.25) is 0 Å². The number of anilines is 2. The molecule has 0 radical (unpaired) electrons. The van der Waals surface area contributed by atoms with Crippen LogP contribution >= 0.6 is 0 Å². The van der Waals surface area contributed by atoms with Crippen molar-refractivity contribution in [1.29, 1.82) is 0 Å². The van der Waals surface area contributed by atoms with E-state index >= 15 is 0 Å². The number of nitrogens with one attached hydrogen (secondary N) is 1. The van der Waals surface area contributed by atoms with E-state index in [2.05, 4.69) is 10.2 Å². The predicted octanol–water partition coefficient (Wildman–Crippen LogP) is 2.71. The van der Waals surface area contributed by atoms with Gasteiger partial charge in [0.2, 0.25) is 11.8 Å². The Morgan fingerprint density at radius 1 is 1.10 bits per heavy atom.